The molecule has 0 saturated heterocycles. The molecule has 0 aliphatic rings. The van der Waals surface area contributed by atoms with Crippen LogP contribution in [-0.2, 0) is 0 Å². The largest absolute Gasteiger partial charge is 0.310 e. The van der Waals surface area contributed by atoms with Crippen LogP contribution in [0.1, 0.15) is 50.8 Å². The van der Waals surface area contributed by atoms with Gasteiger partial charge in [0.2, 0.25) is 0 Å². The molecule has 1 aromatic rings. The number of rotatable bonds is 6. The normalized spacial score (nSPS) is 14.6. The molecule has 2 unspecified atom stereocenters. The van der Waals surface area contributed by atoms with Gasteiger partial charge in [-0.05, 0) is 36.9 Å². The average molecular weight is 254 g/mol. The molecule has 1 rings (SSSR count). The van der Waals surface area contributed by atoms with Crippen LogP contribution in [0.3, 0.4) is 0 Å². The molecule has 0 saturated carbocycles. The Balaban J connectivity index is 3.00. The summed E-state index contributed by atoms with van der Waals surface area (Å²) in [6.45, 7) is 9.73. The number of hydrogen-bond acceptors (Lipinski definition) is 1. The SMILES string of the molecule is CCCC(C)C(NCC)c1cccc(C)c1Cl. The fourth-order valence-corrected chi connectivity index (χ4v) is 2.61. The quantitative estimate of drug-likeness (QED) is 0.773. The molecule has 0 aliphatic carbocycles. The van der Waals surface area contributed by atoms with E-state index in [0.29, 0.717) is 12.0 Å². The predicted molar refractivity (Wildman–Crippen MR) is 76.7 cm³/mol. The minimum absolute atomic E-state index is 0.368. The lowest BCUT2D eigenvalue weighted by molar-refractivity contribution is 0.369. The Bertz CT molecular complexity index is 349. The van der Waals surface area contributed by atoms with Crippen molar-refractivity contribution in [2.75, 3.05) is 6.54 Å². The highest BCUT2D eigenvalue weighted by atomic mass is 35.5. The van der Waals surface area contributed by atoms with Crippen molar-refractivity contribution >= 4 is 11.6 Å². The molecule has 2 heteroatoms. The van der Waals surface area contributed by atoms with Crippen LogP contribution in [0.4, 0.5) is 0 Å². The highest BCUT2D eigenvalue weighted by Gasteiger charge is 2.20. The zero-order valence-electron chi connectivity index (χ0n) is 11.4. The van der Waals surface area contributed by atoms with Gasteiger partial charge >= 0.3 is 0 Å². The lowest BCUT2D eigenvalue weighted by Crippen LogP contribution is -2.27. The summed E-state index contributed by atoms with van der Waals surface area (Å²) in [4.78, 5) is 0. The van der Waals surface area contributed by atoms with Crippen LogP contribution < -0.4 is 5.32 Å². The van der Waals surface area contributed by atoms with Gasteiger partial charge in [0.15, 0.2) is 0 Å². The van der Waals surface area contributed by atoms with E-state index >= 15 is 0 Å². The summed E-state index contributed by atoms with van der Waals surface area (Å²) in [7, 11) is 0. The Morgan fingerprint density at radius 2 is 2.00 bits per heavy atom. The van der Waals surface area contributed by atoms with Crippen LogP contribution >= 0.6 is 11.6 Å². The van der Waals surface area contributed by atoms with Crippen molar-refractivity contribution in [2.24, 2.45) is 5.92 Å². The van der Waals surface area contributed by atoms with Gasteiger partial charge in [-0.2, -0.15) is 0 Å². The third-order valence-electron chi connectivity index (χ3n) is 3.29. The van der Waals surface area contributed by atoms with Crippen molar-refractivity contribution < 1.29 is 0 Å². The standard InChI is InChI=1S/C15H24ClN/c1-5-8-12(4)15(17-6-2)13-10-7-9-11(3)14(13)16/h7,9-10,12,15,17H,5-6,8H2,1-4H3. The van der Waals surface area contributed by atoms with Crippen LogP contribution in [-0.4, -0.2) is 6.54 Å². The first-order valence-electron chi connectivity index (χ1n) is 6.60. The summed E-state index contributed by atoms with van der Waals surface area (Å²) < 4.78 is 0. The minimum Gasteiger partial charge on any atom is -0.310 e. The Labute approximate surface area is 111 Å². The Hall–Kier alpha value is -0.530. The van der Waals surface area contributed by atoms with Crippen molar-refractivity contribution in [3.8, 4) is 0 Å². The van der Waals surface area contributed by atoms with Crippen LogP contribution in [0.5, 0.6) is 0 Å². The van der Waals surface area contributed by atoms with E-state index < -0.39 is 0 Å². The minimum atomic E-state index is 0.368. The lowest BCUT2D eigenvalue weighted by Gasteiger charge is -2.26. The summed E-state index contributed by atoms with van der Waals surface area (Å²) in [5.74, 6) is 0.610. The van der Waals surface area contributed by atoms with E-state index in [-0.39, 0.29) is 0 Å². The van der Waals surface area contributed by atoms with Gasteiger partial charge in [0.1, 0.15) is 0 Å². The highest BCUT2D eigenvalue weighted by molar-refractivity contribution is 6.32. The molecule has 96 valence electrons. The summed E-state index contributed by atoms with van der Waals surface area (Å²) in [6, 6.07) is 6.68. The summed E-state index contributed by atoms with van der Waals surface area (Å²) >= 11 is 6.43. The van der Waals surface area contributed by atoms with Crippen molar-refractivity contribution in [2.45, 2.75) is 46.6 Å². The molecule has 0 radical (unpaired) electrons. The number of hydrogen-bond donors (Lipinski definition) is 1. The molecule has 1 N–H and O–H groups in total. The molecular formula is C15H24ClN. The highest BCUT2D eigenvalue weighted by Crippen LogP contribution is 2.32. The van der Waals surface area contributed by atoms with Gasteiger partial charge in [-0.25, -0.2) is 0 Å². The van der Waals surface area contributed by atoms with Crippen LogP contribution in [0.15, 0.2) is 18.2 Å². The predicted octanol–water partition coefficient (Wildman–Crippen LogP) is 4.74. The number of nitrogens with one attached hydrogen (secondary N) is 1. The molecule has 17 heavy (non-hydrogen) atoms. The maximum atomic E-state index is 6.43. The first kappa shape index (κ1) is 14.5. The third-order valence-corrected chi connectivity index (χ3v) is 3.81. The zero-order valence-corrected chi connectivity index (χ0v) is 12.1. The molecule has 2 atom stereocenters. The fourth-order valence-electron chi connectivity index (χ4n) is 2.37. The smallest absolute Gasteiger partial charge is 0.0483 e. The van der Waals surface area contributed by atoms with E-state index in [9.17, 15) is 0 Å². The third kappa shape index (κ3) is 3.72. The van der Waals surface area contributed by atoms with Crippen molar-refractivity contribution in [3.63, 3.8) is 0 Å². The van der Waals surface area contributed by atoms with E-state index in [1.807, 2.05) is 0 Å². The summed E-state index contributed by atoms with van der Waals surface area (Å²) in [6.07, 6.45) is 2.44. The van der Waals surface area contributed by atoms with E-state index in [0.717, 1.165) is 17.1 Å². The van der Waals surface area contributed by atoms with Gasteiger partial charge in [-0.1, -0.05) is 57.0 Å². The molecular weight excluding hydrogens is 230 g/mol. The Kier molecular flexibility index (Phi) is 6.01. The molecule has 0 amide bonds. The zero-order chi connectivity index (χ0) is 12.8. The lowest BCUT2D eigenvalue weighted by atomic mass is 9.90. The second kappa shape index (κ2) is 7.03. The van der Waals surface area contributed by atoms with Gasteiger partial charge in [0.25, 0.3) is 0 Å². The Morgan fingerprint density at radius 3 is 2.59 bits per heavy atom. The van der Waals surface area contributed by atoms with Crippen molar-refractivity contribution in [3.05, 3.63) is 34.3 Å². The molecule has 0 fully saturated rings. The van der Waals surface area contributed by atoms with E-state index in [1.165, 1.54) is 18.4 Å². The van der Waals surface area contributed by atoms with E-state index in [1.54, 1.807) is 0 Å². The Morgan fingerprint density at radius 1 is 1.29 bits per heavy atom. The fraction of sp³-hybridized carbons (Fsp3) is 0.600. The van der Waals surface area contributed by atoms with E-state index in [4.69, 9.17) is 11.6 Å². The molecule has 0 spiro atoms. The van der Waals surface area contributed by atoms with Crippen LogP contribution in [0.25, 0.3) is 0 Å². The monoisotopic (exact) mass is 253 g/mol. The van der Waals surface area contributed by atoms with Gasteiger partial charge in [-0.3, -0.25) is 0 Å². The van der Waals surface area contributed by atoms with Crippen LogP contribution in [0, 0.1) is 12.8 Å². The van der Waals surface area contributed by atoms with E-state index in [2.05, 4.69) is 51.2 Å². The number of halogens is 1. The van der Waals surface area contributed by atoms with Gasteiger partial charge in [0, 0.05) is 11.1 Å². The first-order chi connectivity index (χ1) is 8.11. The first-order valence-corrected chi connectivity index (χ1v) is 6.98. The van der Waals surface area contributed by atoms with Crippen LogP contribution in [0.2, 0.25) is 5.02 Å². The molecule has 0 aromatic heterocycles. The van der Waals surface area contributed by atoms with Crippen molar-refractivity contribution in [1.29, 1.82) is 0 Å². The van der Waals surface area contributed by atoms with Crippen molar-refractivity contribution in [1.82, 2.24) is 5.32 Å². The molecule has 0 heterocycles. The van der Waals surface area contributed by atoms with Gasteiger partial charge in [0.05, 0.1) is 0 Å². The molecule has 1 aromatic carbocycles. The average Bonchev–Trinajstić information content (AvgIpc) is 2.30. The molecule has 0 bridgehead atoms. The summed E-state index contributed by atoms with van der Waals surface area (Å²) in [5, 5.41) is 4.49. The number of benzene rings is 1. The molecule has 0 aliphatic heterocycles. The number of aryl methyl sites for hydroxylation is 1. The molecule has 1 nitrogen and oxygen atoms in total. The van der Waals surface area contributed by atoms with Gasteiger partial charge in [-0.15, -0.1) is 0 Å². The maximum Gasteiger partial charge on any atom is 0.0483 e. The summed E-state index contributed by atoms with van der Waals surface area (Å²) in [5.41, 5.74) is 2.41. The second-order valence-corrected chi connectivity index (χ2v) is 5.16. The maximum absolute atomic E-state index is 6.43. The topological polar surface area (TPSA) is 12.0 Å². The van der Waals surface area contributed by atoms with Gasteiger partial charge < -0.3 is 5.32 Å². The second-order valence-electron chi connectivity index (χ2n) is 4.78.